The zero-order chi connectivity index (χ0) is 11.0. The Labute approximate surface area is 83.8 Å². The number of phenolic OH excluding ortho intramolecular Hbond substituents is 1. The fourth-order valence-corrected chi connectivity index (χ4v) is 1.48. The maximum atomic E-state index is 13.3. The van der Waals surface area contributed by atoms with Gasteiger partial charge in [0, 0.05) is 10.9 Å². The predicted octanol–water partition coefficient (Wildman–Crippen LogP) is 2.64. The summed E-state index contributed by atoms with van der Waals surface area (Å²) in [5.74, 6) is -1.83. The van der Waals surface area contributed by atoms with Gasteiger partial charge in [0.15, 0.2) is 0 Å². The van der Waals surface area contributed by atoms with Gasteiger partial charge in [-0.05, 0) is 24.3 Å². The normalized spacial score (nSPS) is 10.5. The molecule has 4 heteroatoms. The number of aromatic hydroxyl groups is 1. The Bertz CT molecular complexity index is 550. The molecule has 0 aliphatic carbocycles. The summed E-state index contributed by atoms with van der Waals surface area (Å²) in [6.07, 6.45) is 0.462. The molecule has 1 N–H and O–H groups in total. The van der Waals surface area contributed by atoms with Crippen LogP contribution in [0.4, 0.5) is 8.78 Å². The van der Waals surface area contributed by atoms with Gasteiger partial charge in [-0.1, -0.05) is 0 Å². The van der Waals surface area contributed by atoms with E-state index < -0.39 is 17.4 Å². The van der Waals surface area contributed by atoms with E-state index in [9.17, 15) is 18.7 Å². The summed E-state index contributed by atoms with van der Waals surface area (Å²) in [4.78, 5) is 10.5. The molecule has 0 aliphatic rings. The molecule has 0 radical (unpaired) electrons. The van der Waals surface area contributed by atoms with Crippen molar-refractivity contribution in [3.8, 4) is 5.75 Å². The van der Waals surface area contributed by atoms with Crippen LogP contribution in [0.3, 0.4) is 0 Å². The Morgan fingerprint density at radius 2 is 1.80 bits per heavy atom. The van der Waals surface area contributed by atoms with Gasteiger partial charge in [-0.2, -0.15) is 0 Å². The maximum Gasteiger partial charge on any atom is 0.150 e. The molecule has 0 spiro atoms. The summed E-state index contributed by atoms with van der Waals surface area (Å²) in [7, 11) is 0. The highest BCUT2D eigenvalue weighted by atomic mass is 19.1. The lowest BCUT2D eigenvalue weighted by atomic mass is 10.1. The van der Waals surface area contributed by atoms with E-state index in [-0.39, 0.29) is 16.3 Å². The molecule has 0 amide bonds. The molecular weight excluding hydrogens is 202 g/mol. The van der Waals surface area contributed by atoms with Gasteiger partial charge < -0.3 is 5.11 Å². The Morgan fingerprint density at radius 1 is 1.13 bits per heavy atom. The van der Waals surface area contributed by atoms with Crippen LogP contribution >= 0.6 is 0 Å². The average molecular weight is 208 g/mol. The van der Waals surface area contributed by atoms with Gasteiger partial charge in [0.1, 0.15) is 23.7 Å². The van der Waals surface area contributed by atoms with Crippen molar-refractivity contribution in [1.82, 2.24) is 0 Å². The molecule has 2 nitrogen and oxygen atoms in total. The molecule has 2 rings (SSSR count). The van der Waals surface area contributed by atoms with Gasteiger partial charge in [-0.25, -0.2) is 8.78 Å². The molecule has 2 aromatic carbocycles. The second-order valence-corrected chi connectivity index (χ2v) is 3.11. The highest BCUT2D eigenvalue weighted by molar-refractivity contribution is 5.94. The highest BCUT2D eigenvalue weighted by Gasteiger charge is 2.11. The van der Waals surface area contributed by atoms with E-state index in [1.54, 1.807) is 0 Å². The molecular formula is C11H6F2O2. The minimum absolute atomic E-state index is 0.0999. The Morgan fingerprint density at radius 3 is 2.47 bits per heavy atom. The third-order valence-corrected chi connectivity index (χ3v) is 2.15. The van der Waals surface area contributed by atoms with Crippen molar-refractivity contribution in [2.24, 2.45) is 0 Å². The molecule has 0 aromatic heterocycles. The van der Waals surface area contributed by atoms with E-state index in [2.05, 4.69) is 0 Å². The lowest BCUT2D eigenvalue weighted by Gasteiger charge is -2.04. The first-order chi connectivity index (χ1) is 7.13. The Hall–Kier alpha value is -1.97. The van der Waals surface area contributed by atoms with Crippen molar-refractivity contribution in [3.63, 3.8) is 0 Å². The second kappa shape index (κ2) is 3.31. The van der Waals surface area contributed by atoms with Crippen LogP contribution in [0.2, 0.25) is 0 Å². The summed E-state index contributed by atoms with van der Waals surface area (Å²) < 4.78 is 26.5. The predicted molar refractivity (Wildman–Crippen MR) is 50.9 cm³/mol. The van der Waals surface area contributed by atoms with Crippen molar-refractivity contribution < 1.29 is 18.7 Å². The van der Waals surface area contributed by atoms with Crippen LogP contribution in [-0.4, -0.2) is 11.4 Å². The van der Waals surface area contributed by atoms with Crippen LogP contribution in [0.25, 0.3) is 10.8 Å². The SMILES string of the molecule is O=Cc1cc(O)c2c(F)ccc(F)c2c1. The second-order valence-electron chi connectivity index (χ2n) is 3.11. The number of rotatable bonds is 1. The standard InChI is InChI=1S/C11H6F2O2/c12-8-1-2-9(13)11-7(8)3-6(5-14)4-10(11)15/h1-5,15H. The Balaban J connectivity index is 2.96. The van der Waals surface area contributed by atoms with E-state index in [0.29, 0.717) is 6.29 Å². The first-order valence-corrected chi connectivity index (χ1v) is 4.19. The summed E-state index contributed by atoms with van der Waals surface area (Å²) in [5.41, 5.74) is 0.101. The van der Waals surface area contributed by atoms with E-state index in [1.165, 1.54) is 6.07 Å². The van der Waals surface area contributed by atoms with Gasteiger partial charge in [0.25, 0.3) is 0 Å². The van der Waals surface area contributed by atoms with E-state index in [1.807, 2.05) is 0 Å². The van der Waals surface area contributed by atoms with Crippen molar-refractivity contribution in [3.05, 3.63) is 41.5 Å². The number of hydrogen-bond donors (Lipinski definition) is 1. The fourth-order valence-electron chi connectivity index (χ4n) is 1.48. The molecule has 76 valence electrons. The molecule has 0 saturated heterocycles. The fraction of sp³-hybridized carbons (Fsp3) is 0. The van der Waals surface area contributed by atoms with Crippen molar-refractivity contribution in [2.75, 3.05) is 0 Å². The summed E-state index contributed by atoms with van der Waals surface area (Å²) >= 11 is 0. The number of fused-ring (bicyclic) bond motifs is 1. The zero-order valence-electron chi connectivity index (χ0n) is 7.50. The molecule has 0 unspecified atom stereocenters. The maximum absolute atomic E-state index is 13.3. The molecule has 0 bridgehead atoms. The summed E-state index contributed by atoms with van der Waals surface area (Å²) in [6.45, 7) is 0. The van der Waals surface area contributed by atoms with Crippen LogP contribution in [-0.2, 0) is 0 Å². The van der Waals surface area contributed by atoms with Crippen molar-refractivity contribution in [1.29, 1.82) is 0 Å². The monoisotopic (exact) mass is 208 g/mol. The first kappa shape index (κ1) is 9.58. The number of phenols is 1. The number of benzene rings is 2. The van der Waals surface area contributed by atoms with E-state index in [0.717, 1.165) is 18.2 Å². The zero-order valence-corrected chi connectivity index (χ0v) is 7.50. The first-order valence-electron chi connectivity index (χ1n) is 4.19. The minimum atomic E-state index is -0.721. The number of aldehydes is 1. The van der Waals surface area contributed by atoms with Crippen molar-refractivity contribution >= 4 is 17.1 Å². The van der Waals surface area contributed by atoms with Crippen LogP contribution < -0.4 is 0 Å². The largest absolute Gasteiger partial charge is 0.507 e. The van der Waals surface area contributed by atoms with Crippen molar-refractivity contribution in [2.45, 2.75) is 0 Å². The summed E-state index contributed by atoms with van der Waals surface area (Å²) in [5, 5.41) is 9.12. The summed E-state index contributed by atoms with van der Waals surface area (Å²) in [6, 6.07) is 4.17. The minimum Gasteiger partial charge on any atom is -0.507 e. The average Bonchev–Trinajstić information content (AvgIpc) is 2.23. The Kier molecular flexibility index (Phi) is 2.11. The smallest absolute Gasteiger partial charge is 0.150 e. The topological polar surface area (TPSA) is 37.3 Å². The third kappa shape index (κ3) is 1.44. The highest BCUT2D eigenvalue weighted by Crippen LogP contribution is 2.30. The molecule has 15 heavy (non-hydrogen) atoms. The van der Waals surface area contributed by atoms with E-state index in [4.69, 9.17) is 0 Å². The molecule has 0 aliphatic heterocycles. The van der Waals surface area contributed by atoms with Gasteiger partial charge in [0.05, 0.1) is 5.39 Å². The number of carbonyl (C=O) groups excluding carboxylic acids is 1. The third-order valence-electron chi connectivity index (χ3n) is 2.15. The van der Waals surface area contributed by atoms with Crippen LogP contribution in [0.15, 0.2) is 24.3 Å². The number of hydrogen-bond acceptors (Lipinski definition) is 2. The van der Waals surface area contributed by atoms with Gasteiger partial charge in [0.2, 0.25) is 0 Å². The lowest BCUT2D eigenvalue weighted by molar-refractivity contribution is 0.112. The van der Waals surface area contributed by atoms with Crippen LogP contribution in [0.5, 0.6) is 5.75 Å². The van der Waals surface area contributed by atoms with Crippen LogP contribution in [0, 0.1) is 11.6 Å². The van der Waals surface area contributed by atoms with Crippen LogP contribution in [0.1, 0.15) is 10.4 Å². The number of carbonyl (C=O) groups is 1. The van der Waals surface area contributed by atoms with E-state index >= 15 is 0 Å². The lowest BCUT2D eigenvalue weighted by Crippen LogP contribution is -1.88. The van der Waals surface area contributed by atoms with Gasteiger partial charge in [-0.15, -0.1) is 0 Å². The van der Waals surface area contributed by atoms with Gasteiger partial charge in [-0.3, -0.25) is 4.79 Å². The number of halogens is 2. The molecule has 0 heterocycles. The molecule has 0 saturated carbocycles. The molecule has 0 fully saturated rings. The molecule has 2 aromatic rings. The van der Waals surface area contributed by atoms with Gasteiger partial charge >= 0.3 is 0 Å². The molecule has 0 atom stereocenters. The quantitative estimate of drug-likeness (QED) is 0.731.